The van der Waals surface area contributed by atoms with E-state index in [1.54, 1.807) is 30.5 Å². The van der Waals surface area contributed by atoms with Crippen LogP contribution in [0.5, 0.6) is 0 Å². The van der Waals surface area contributed by atoms with E-state index >= 15 is 0 Å². The van der Waals surface area contributed by atoms with E-state index in [1.807, 2.05) is 24.8 Å². The fourth-order valence-electron chi connectivity index (χ4n) is 3.64. The van der Waals surface area contributed by atoms with Crippen molar-refractivity contribution in [1.29, 1.82) is 0 Å². The van der Waals surface area contributed by atoms with Crippen molar-refractivity contribution in [3.63, 3.8) is 0 Å². The van der Waals surface area contributed by atoms with Gasteiger partial charge in [0.05, 0.1) is 17.0 Å². The smallest absolute Gasteiger partial charge is 0.253 e. The molecule has 6 nitrogen and oxygen atoms in total. The van der Waals surface area contributed by atoms with Crippen molar-refractivity contribution >= 4 is 17.5 Å². The summed E-state index contributed by atoms with van der Waals surface area (Å²) in [5.41, 5.74) is 3.22. The number of carbonyl (C=O) groups is 1. The largest absolute Gasteiger partial charge is 0.356 e. The van der Waals surface area contributed by atoms with Crippen LogP contribution in [-0.4, -0.2) is 39.0 Å². The van der Waals surface area contributed by atoms with Gasteiger partial charge in [-0.15, -0.1) is 0 Å². The number of rotatable bonds is 3. The first-order chi connectivity index (χ1) is 13.5. The minimum absolute atomic E-state index is 0.0178. The van der Waals surface area contributed by atoms with Crippen molar-refractivity contribution in [3.05, 3.63) is 64.3 Å². The summed E-state index contributed by atoms with van der Waals surface area (Å²) in [5, 5.41) is 4.61. The van der Waals surface area contributed by atoms with Crippen molar-refractivity contribution in [2.24, 2.45) is 0 Å². The molecule has 7 heteroatoms. The molecule has 1 aliphatic rings. The minimum atomic E-state index is 0.0178. The van der Waals surface area contributed by atoms with Crippen molar-refractivity contribution < 1.29 is 9.32 Å². The van der Waals surface area contributed by atoms with E-state index in [0.29, 0.717) is 28.7 Å². The number of piperidine rings is 1. The fraction of sp³-hybridized carbons (Fsp3) is 0.333. The van der Waals surface area contributed by atoms with Crippen molar-refractivity contribution in [2.45, 2.75) is 32.6 Å². The normalized spacial score (nSPS) is 17.0. The molecule has 2 aromatic heterocycles. The molecule has 28 heavy (non-hydrogen) atoms. The van der Waals surface area contributed by atoms with Gasteiger partial charge in [-0.3, -0.25) is 4.79 Å². The van der Waals surface area contributed by atoms with E-state index in [9.17, 15) is 4.79 Å². The molecule has 1 amide bonds. The first-order valence-corrected chi connectivity index (χ1v) is 9.71. The summed E-state index contributed by atoms with van der Waals surface area (Å²) in [5.74, 6) is 1.50. The van der Waals surface area contributed by atoms with Crippen LogP contribution in [0.3, 0.4) is 0 Å². The van der Waals surface area contributed by atoms with Gasteiger partial charge in [0.2, 0.25) is 0 Å². The van der Waals surface area contributed by atoms with Gasteiger partial charge in [-0.2, -0.15) is 0 Å². The van der Waals surface area contributed by atoms with Gasteiger partial charge in [-0.05, 0) is 51.0 Å². The predicted octanol–water partition coefficient (Wildman–Crippen LogP) is 4.42. The Morgan fingerprint density at radius 1 is 1.25 bits per heavy atom. The molecular formula is C21H21ClN4O2. The lowest BCUT2D eigenvalue weighted by molar-refractivity contribution is 0.0706. The van der Waals surface area contributed by atoms with E-state index in [4.69, 9.17) is 21.1 Å². The molecule has 0 radical (unpaired) electrons. The topological polar surface area (TPSA) is 72.1 Å². The van der Waals surface area contributed by atoms with Gasteiger partial charge in [-0.25, -0.2) is 9.97 Å². The highest BCUT2D eigenvalue weighted by Crippen LogP contribution is 2.33. The van der Waals surface area contributed by atoms with Gasteiger partial charge in [-0.1, -0.05) is 16.8 Å². The van der Waals surface area contributed by atoms with E-state index in [0.717, 1.165) is 36.3 Å². The van der Waals surface area contributed by atoms with Gasteiger partial charge in [0, 0.05) is 41.9 Å². The Hall–Kier alpha value is -2.73. The molecular weight excluding hydrogens is 376 g/mol. The lowest BCUT2D eigenvalue weighted by atomic mass is 9.91. The van der Waals surface area contributed by atoms with Gasteiger partial charge < -0.3 is 9.42 Å². The van der Waals surface area contributed by atoms with E-state index in [2.05, 4.69) is 10.1 Å². The average Bonchev–Trinajstić information content (AvgIpc) is 3.14. The zero-order chi connectivity index (χ0) is 19.7. The van der Waals surface area contributed by atoms with Gasteiger partial charge in [0.1, 0.15) is 5.82 Å². The molecule has 0 aliphatic carbocycles. The summed E-state index contributed by atoms with van der Waals surface area (Å²) in [6.45, 7) is 5.10. The molecule has 1 aromatic carbocycles. The minimum Gasteiger partial charge on any atom is -0.356 e. The quantitative estimate of drug-likeness (QED) is 0.655. The van der Waals surface area contributed by atoms with Crippen LogP contribution in [0.1, 0.15) is 46.3 Å². The molecule has 1 unspecified atom stereocenters. The summed E-state index contributed by atoms with van der Waals surface area (Å²) in [4.78, 5) is 23.9. The highest BCUT2D eigenvalue weighted by atomic mass is 35.5. The number of benzene rings is 1. The number of hydrogen-bond acceptors (Lipinski definition) is 5. The Labute approximate surface area is 168 Å². The third-order valence-corrected chi connectivity index (χ3v) is 5.27. The second-order valence-corrected chi connectivity index (χ2v) is 7.58. The molecule has 0 spiro atoms. The number of aryl methyl sites for hydroxylation is 2. The lowest BCUT2D eigenvalue weighted by Crippen LogP contribution is -2.39. The number of aromatic nitrogens is 3. The zero-order valence-corrected chi connectivity index (χ0v) is 16.6. The van der Waals surface area contributed by atoms with Crippen LogP contribution in [0.15, 0.2) is 41.1 Å². The number of carbonyl (C=O) groups excluding carboxylic acids is 1. The van der Waals surface area contributed by atoms with E-state index < -0.39 is 0 Å². The Bertz CT molecular complexity index is 1000. The molecule has 0 N–H and O–H groups in total. The number of likely N-dealkylation sites (tertiary alicyclic amines) is 1. The van der Waals surface area contributed by atoms with Crippen LogP contribution in [0.25, 0.3) is 11.3 Å². The number of halogens is 1. The standard InChI is InChI=1S/C21H21ClN4O2/c1-13-10-19(28-25-13)18-11-23-14(2)24-20(18)16-4-3-9-26(12-16)21(27)15-5-7-17(22)8-6-15/h5-8,10-11,16H,3-4,9,12H2,1-2H3. The Kier molecular flexibility index (Phi) is 5.13. The molecule has 1 aliphatic heterocycles. The predicted molar refractivity (Wildman–Crippen MR) is 106 cm³/mol. The molecule has 0 bridgehead atoms. The molecule has 0 saturated carbocycles. The average molecular weight is 397 g/mol. The molecule has 1 saturated heterocycles. The molecule has 144 valence electrons. The first kappa shape index (κ1) is 18.6. The van der Waals surface area contributed by atoms with Gasteiger partial charge in [0.15, 0.2) is 5.76 Å². The second kappa shape index (κ2) is 7.72. The van der Waals surface area contributed by atoms with Crippen LogP contribution < -0.4 is 0 Å². The maximum atomic E-state index is 12.9. The Morgan fingerprint density at radius 2 is 2.04 bits per heavy atom. The van der Waals surface area contributed by atoms with E-state index in [-0.39, 0.29) is 11.8 Å². The highest BCUT2D eigenvalue weighted by Gasteiger charge is 2.29. The number of amides is 1. The molecule has 3 aromatic rings. The monoisotopic (exact) mass is 396 g/mol. The van der Waals surface area contributed by atoms with Crippen LogP contribution in [0.2, 0.25) is 5.02 Å². The highest BCUT2D eigenvalue weighted by molar-refractivity contribution is 6.30. The van der Waals surface area contributed by atoms with Crippen molar-refractivity contribution in [2.75, 3.05) is 13.1 Å². The lowest BCUT2D eigenvalue weighted by Gasteiger charge is -2.33. The SMILES string of the molecule is Cc1cc(-c2cnc(C)nc2C2CCCN(C(=O)c3ccc(Cl)cc3)C2)on1. The summed E-state index contributed by atoms with van der Waals surface area (Å²) < 4.78 is 5.45. The molecule has 1 atom stereocenters. The third kappa shape index (κ3) is 3.78. The zero-order valence-electron chi connectivity index (χ0n) is 15.9. The van der Waals surface area contributed by atoms with Gasteiger partial charge >= 0.3 is 0 Å². The Balaban J connectivity index is 1.62. The summed E-state index contributed by atoms with van der Waals surface area (Å²) >= 11 is 5.94. The maximum Gasteiger partial charge on any atom is 0.253 e. The van der Waals surface area contributed by atoms with Crippen molar-refractivity contribution in [3.8, 4) is 11.3 Å². The van der Waals surface area contributed by atoms with E-state index in [1.165, 1.54) is 0 Å². The van der Waals surface area contributed by atoms with Crippen LogP contribution in [0.4, 0.5) is 0 Å². The number of nitrogens with zero attached hydrogens (tertiary/aromatic N) is 4. The summed E-state index contributed by atoms with van der Waals surface area (Å²) in [7, 11) is 0. The van der Waals surface area contributed by atoms with Crippen LogP contribution >= 0.6 is 11.6 Å². The molecule has 1 fully saturated rings. The summed E-state index contributed by atoms with van der Waals surface area (Å²) in [6, 6.07) is 8.91. The maximum absolute atomic E-state index is 12.9. The first-order valence-electron chi connectivity index (χ1n) is 9.33. The van der Waals surface area contributed by atoms with Gasteiger partial charge in [0.25, 0.3) is 5.91 Å². The fourth-order valence-corrected chi connectivity index (χ4v) is 3.76. The van der Waals surface area contributed by atoms with Crippen LogP contribution in [0, 0.1) is 13.8 Å². The molecule has 4 rings (SSSR count). The molecule has 3 heterocycles. The second-order valence-electron chi connectivity index (χ2n) is 7.15. The summed E-state index contributed by atoms with van der Waals surface area (Å²) in [6.07, 6.45) is 3.67. The Morgan fingerprint density at radius 3 is 2.75 bits per heavy atom. The third-order valence-electron chi connectivity index (χ3n) is 5.02. The van der Waals surface area contributed by atoms with Crippen molar-refractivity contribution in [1.82, 2.24) is 20.0 Å². The van der Waals surface area contributed by atoms with Crippen LogP contribution in [-0.2, 0) is 0 Å². The number of hydrogen-bond donors (Lipinski definition) is 0.